The van der Waals surface area contributed by atoms with Gasteiger partial charge in [-0.05, 0) is 66.6 Å². The molecule has 4 rings (SSSR count). The van der Waals surface area contributed by atoms with Crippen molar-refractivity contribution in [2.45, 2.75) is 21.6 Å². The number of amides is 1. The maximum atomic E-state index is 13.2. The molecule has 4 aromatic carbocycles. The number of fused-ring (bicyclic) bond motifs is 1. The first-order valence-electron chi connectivity index (χ1n) is 13.1. The molecule has 0 aliphatic heterocycles. The van der Waals surface area contributed by atoms with Crippen molar-refractivity contribution >= 4 is 70.5 Å². The zero-order valence-electron chi connectivity index (χ0n) is 23.9. The van der Waals surface area contributed by atoms with Crippen LogP contribution in [-0.4, -0.2) is 63.5 Å². The summed E-state index contributed by atoms with van der Waals surface area (Å²) in [5.74, 6) is -1.67. The van der Waals surface area contributed by atoms with Crippen molar-refractivity contribution in [3.63, 3.8) is 0 Å². The van der Waals surface area contributed by atoms with E-state index in [0.717, 1.165) is 18.4 Å². The van der Waals surface area contributed by atoms with Gasteiger partial charge in [-0.2, -0.15) is 25.3 Å². The lowest BCUT2D eigenvalue weighted by Gasteiger charge is -2.15. The number of benzene rings is 4. The fourth-order valence-electron chi connectivity index (χ4n) is 4.40. The summed E-state index contributed by atoms with van der Waals surface area (Å²) in [4.78, 5) is 32.9. The second kappa shape index (κ2) is 13.4. The van der Waals surface area contributed by atoms with Crippen molar-refractivity contribution in [2.24, 2.45) is 0 Å². The van der Waals surface area contributed by atoms with Crippen molar-refractivity contribution in [3.8, 4) is 11.1 Å². The molecule has 5 N–H and O–H groups in total. The van der Waals surface area contributed by atoms with E-state index >= 15 is 0 Å². The first-order chi connectivity index (χ1) is 21.9. The van der Waals surface area contributed by atoms with Crippen LogP contribution < -0.4 is 10.6 Å². The van der Waals surface area contributed by atoms with E-state index in [4.69, 9.17) is 4.74 Å². The number of nitrogens with one attached hydrogen (secondary N) is 2. The smallest absolute Gasteiger partial charge is 0.295 e. The Hall–Kier alpha value is -4.98. The average Bonchev–Trinajstić information content (AvgIpc) is 3.00. The number of allylic oxidation sites excluding steroid dienone is 1. The molecule has 0 atom stereocenters. The molecule has 0 aromatic heterocycles. The van der Waals surface area contributed by atoms with E-state index in [1.807, 2.05) is 0 Å². The van der Waals surface area contributed by atoms with Crippen LogP contribution in [0.2, 0.25) is 0 Å². The summed E-state index contributed by atoms with van der Waals surface area (Å²) in [5, 5.41) is 3.78. The van der Waals surface area contributed by atoms with Crippen molar-refractivity contribution in [1.82, 2.24) is 0 Å². The molecule has 0 radical (unpaired) electrons. The Morgan fingerprint density at radius 2 is 1.43 bits per heavy atom. The quantitative estimate of drug-likeness (QED) is 0.0465. The van der Waals surface area contributed by atoms with Gasteiger partial charge >= 0.3 is 0 Å². The van der Waals surface area contributed by atoms with Gasteiger partial charge in [-0.1, -0.05) is 24.3 Å². The van der Waals surface area contributed by atoms with Crippen molar-refractivity contribution in [3.05, 3.63) is 90.3 Å². The third-order valence-electron chi connectivity index (χ3n) is 6.48. The molecule has 15 nitrogen and oxygen atoms in total. The summed E-state index contributed by atoms with van der Waals surface area (Å²) < 4.78 is 106. The topological polar surface area (TPSA) is 248 Å². The van der Waals surface area contributed by atoms with E-state index in [9.17, 15) is 53.3 Å². The Kier molecular flexibility index (Phi) is 9.95. The summed E-state index contributed by atoms with van der Waals surface area (Å²) in [7, 11) is -15.6. The SMILES string of the molecule is CCO/C=C(\Nc1cccc(-c2ccc(C(=O)Nc3ccc(S(=O)(=O)O)c4cc(S(=O)(=O)O)cc(S(=O)(=O)O)c34)cc2)c1)C(=O)C=O. The molecule has 0 spiro atoms. The highest BCUT2D eigenvalue weighted by atomic mass is 32.2. The third kappa shape index (κ3) is 8.06. The minimum absolute atomic E-state index is 0.0245. The zero-order chi connectivity index (χ0) is 34.7. The molecular weight excluding hydrogens is 681 g/mol. The highest BCUT2D eigenvalue weighted by Gasteiger charge is 2.27. The molecule has 0 heterocycles. The van der Waals surface area contributed by atoms with Crippen LogP contribution in [0.5, 0.6) is 0 Å². The number of carbonyl (C=O) groups is 3. The van der Waals surface area contributed by atoms with Crippen LogP contribution in [0, 0.1) is 0 Å². The third-order valence-corrected chi connectivity index (χ3v) is 9.10. The Morgan fingerprint density at radius 1 is 0.766 bits per heavy atom. The van der Waals surface area contributed by atoms with E-state index in [1.165, 1.54) is 12.1 Å². The van der Waals surface area contributed by atoms with Gasteiger partial charge in [0.1, 0.15) is 21.8 Å². The number of hydrogen-bond donors (Lipinski definition) is 5. The predicted octanol–water partition coefficient (Wildman–Crippen LogP) is 3.56. The first-order valence-corrected chi connectivity index (χ1v) is 17.4. The van der Waals surface area contributed by atoms with Gasteiger partial charge in [0, 0.05) is 22.0 Å². The second-order valence-electron chi connectivity index (χ2n) is 9.59. The van der Waals surface area contributed by atoms with Crippen molar-refractivity contribution in [2.75, 3.05) is 17.2 Å². The molecule has 0 saturated heterocycles. The van der Waals surface area contributed by atoms with Crippen LogP contribution in [0.1, 0.15) is 17.3 Å². The van der Waals surface area contributed by atoms with E-state index in [0.29, 0.717) is 28.9 Å². The number of Topliss-reactive ketones (excluding diaryl/α,β-unsaturated/α-hetero) is 1. The highest BCUT2D eigenvalue weighted by molar-refractivity contribution is 7.87. The summed E-state index contributed by atoms with van der Waals surface area (Å²) in [6, 6.07) is 15.2. The molecule has 18 heteroatoms. The molecule has 0 aliphatic rings. The lowest BCUT2D eigenvalue weighted by atomic mass is 10.0. The Balaban J connectivity index is 1.72. The first kappa shape index (κ1) is 34.9. The Labute approximate surface area is 268 Å². The van der Waals surface area contributed by atoms with Gasteiger partial charge in [0.05, 0.1) is 17.2 Å². The van der Waals surface area contributed by atoms with Crippen molar-refractivity contribution < 1.29 is 58.0 Å². The van der Waals surface area contributed by atoms with Gasteiger partial charge in [0.2, 0.25) is 5.78 Å². The number of carbonyl (C=O) groups excluding carboxylic acids is 3. The minimum atomic E-state index is -5.31. The van der Waals surface area contributed by atoms with E-state index in [-0.39, 0.29) is 24.2 Å². The van der Waals surface area contributed by atoms with Gasteiger partial charge in [-0.15, -0.1) is 0 Å². The molecule has 246 valence electrons. The lowest BCUT2D eigenvalue weighted by molar-refractivity contribution is -0.127. The van der Waals surface area contributed by atoms with Crippen LogP contribution in [0.25, 0.3) is 21.9 Å². The summed E-state index contributed by atoms with van der Waals surface area (Å²) in [6.45, 7) is 1.96. The molecule has 0 fully saturated rings. The predicted molar refractivity (Wildman–Crippen MR) is 168 cm³/mol. The second-order valence-corrected chi connectivity index (χ2v) is 13.8. The number of rotatable bonds is 12. The molecule has 0 saturated carbocycles. The standard InChI is InChI=1S/C29H24N2O13S3/c1-2-44-16-24(25(33)15-32)30-20-5-3-4-19(12-20)17-6-8-18(9-7-17)29(34)31-23-10-11-26(46(38,39)40)22-13-21(45(35,36)37)14-27(28(22)23)47(41,42)43/h3-16,30H,2H2,1H3,(H,31,34)(H,35,36,37)(H,38,39,40)(H,41,42,43)/b24-16-. The Bertz CT molecular complexity index is 2280. The lowest BCUT2D eigenvalue weighted by Crippen LogP contribution is -2.14. The molecule has 1 amide bonds. The normalized spacial score (nSPS) is 12.4. The maximum absolute atomic E-state index is 13.2. The van der Waals surface area contributed by atoms with Gasteiger partial charge in [-0.3, -0.25) is 28.0 Å². The van der Waals surface area contributed by atoms with E-state index in [1.54, 1.807) is 43.3 Å². The summed E-state index contributed by atoms with van der Waals surface area (Å²) in [6.07, 6.45) is 1.26. The van der Waals surface area contributed by atoms with Crippen LogP contribution in [0.3, 0.4) is 0 Å². The zero-order valence-corrected chi connectivity index (χ0v) is 26.4. The van der Waals surface area contributed by atoms with Gasteiger partial charge in [-0.25, -0.2) is 0 Å². The van der Waals surface area contributed by atoms with Crippen LogP contribution in [0.4, 0.5) is 11.4 Å². The van der Waals surface area contributed by atoms with Crippen molar-refractivity contribution in [1.29, 1.82) is 0 Å². The number of aldehydes is 1. The maximum Gasteiger partial charge on any atom is 0.295 e. The molecule has 4 aromatic rings. The summed E-state index contributed by atoms with van der Waals surface area (Å²) in [5.41, 5.74) is 1.23. The summed E-state index contributed by atoms with van der Waals surface area (Å²) >= 11 is 0. The minimum Gasteiger partial charge on any atom is -0.499 e. The van der Waals surface area contributed by atoms with Crippen LogP contribution >= 0.6 is 0 Å². The van der Waals surface area contributed by atoms with Gasteiger partial charge < -0.3 is 15.4 Å². The monoisotopic (exact) mass is 704 g/mol. The van der Waals surface area contributed by atoms with E-state index in [2.05, 4.69) is 10.6 Å². The number of ketones is 1. The molecular formula is C29H24N2O13S3. The molecule has 0 aliphatic carbocycles. The number of hydrogen-bond acceptors (Lipinski definition) is 11. The van der Waals surface area contributed by atoms with Gasteiger partial charge in [0.15, 0.2) is 6.29 Å². The molecule has 0 bridgehead atoms. The average molecular weight is 705 g/mol. The van der Waals surface area contributed by atoms with Crippen LogP contribution in [0.15, 0.2) is 99.4 Å². The van der Waals surface area contributed by atoms with E-state index < -0.39 is 73.2 Å². The van der Waals surface area contributed by atoms with Gasteiger partial charge in [0.25, 0.3) is 36.3 Å². The largest absolute Gasteiger partial charge is 0.499 e. The Morgan fingerprint density at radius 3 is 2.00 bits per heavy atom. The fourth-order valence-corrected chi connectivity index (χ4v) is 6.44. The number of anilines is 2. The fraction of sp³-hybridized carbons (Fsp3) is 0.0690. The number of ether oxygens (including phenoxy) is 1. The molecule has 0 unspecified atom stereocenters. The highest BCUT2D eigenvalue weighted by Crippen LogP contribution is 2.37. The molecule has 47 heavy (non-hydrogen) atoms. The van der Waals surface area contributed by atoms with Crippen LogP contribution in [-0.2, 0) is 44.7 Å².